The number of carbonyl (C=O) groups is 1. The number of carbonyl (C=O) groups excluding carboxylic acids is 1. The van der Waals surface area contributed by atoms with Crippen molar-refractivity contribution in [2.24, 2.45) is 5.92 Å². The normalized spacial score (nSPS) is 18.9. The van der Waals surface area contributed by atoms with E-state index in [1.807, 2.05) is 32.6 Å². The highest BCUT2D eigenvalue weighted by atomic mass is 19.1. The molecule has 6 heteroatoms. The van der Waals surface area contributed by atoms with Crippen LogP contribution in [-0.4, -0.2) is 34.5 Å². The summed E-state index contributed by atoms with van der Waals surface area (Å²) in [4.78, 5) is 22.0. The van der Waals surface area contributed by atoms with E-state index in [1.54, 1.807) is 0 Å². The predicted octanol–water partition coefficient (Wildman–Crippen LogP) is 1.92. The van der Waals surface area contributed by atoms with Gasteiger partial charge in [-0.2, -0.15) is 0 Å². The van der Waals surface area contributed by atoms with Gasteiger partial charge in [-0.15, -0.1) is 0 Å². The number of aromatic nitrogens is 2. The largest absolute Gasteiger partial charge is 0.353 e. The van der Waals surface area contributed by atoms with Gasteiger partial charge in [0.2, 0.25) is 5.91 Å². The van der Waals surface area contributed by atoms with E-state index < -0.39 is 0 Å². The quantitative estimate of drug-likeness (QED) is 0.925. The van der Waals surface area contributed by atoms with Gasteiger partial charge in [0.1, 0.15) is 6.33 Å². The van der Waals surface area contributed by atoms with Crippen molar-refractivity contribution in [2.75, 3.05) is 18.0 Å². The molecule has 1 aromatic rings. The van der Waals surface area contributed by atoms with Crippen LogP contribution in [0, 0.1) is 11.7 Å². The van der Waals surface area contributed by atoms with Crippen molar-refractivity contribution in [3.05, 3.63) is 17.8 Å². The molecule has 0 aromatic carbocycles. The third kappa shape index (κ3) is 3.68. The van der Waals surface area contributed by atoms with Crippen LogP contribution in [0.25, 0.3) is 0 Å². The number of anilines is 1. The van der Waals surface area contributed by atoms with Crippen LogP contribution in [0.2, 0.25) is 0 Å². The Bertz CT molecular complexity index is 527. The number of amides is 1. The Balaban J connectivity index is 2.08. The Hall–Kier alpha value is -1.72. The summed E-state index contributed by atoms with van der Waals surface area (Å²) in [6, 6.07) is 0. The minimum Gasteiger partial charge on any atom is -0.353 e. The van der Waals surface area contributed by atoms with Crippen LogP contribution in [-0.2, 0) is 11.2 Å². The van der Waals surface area contributed by atoms with Crippen molar-refractivity contribution in [3.8, 4) is 0 Å². The summed E-state index contributed by atoms with van der Waals surface area (Å²) in [5, 5.41) is 2.98. The molecule has 2 heterocycles. The number of halogens is 1. The van der Waals surface area contributed by atoms with E-state index in [4.69, 9.17) is 0 Å². The summed E-state index contributed by atoms with van der Waals surface area (Å²) < 4.78 is 14.3. The highest BCUT2D eigenvalue weighted by Gasteiger charge is 2.32. The van der Waals surface area contributed by atoms with Crippen LogP contribution in [0.3, 0.4) is 0 Å². The summed E-state index contributed by atoms with van der Waals surface area (Å²) in [7, 11) is 0. The Morgan fingerprint density at radius 1 is 1.48 bits per heavy atom. The van der Waals surface area contributed by atoms with E-state index in [0.29, 0.717) is 37.4 Å². The fourth-order valence-corrected chi connectivity index (χ4v) is 2.50. The van der Waals surface area contributed by atoms with Crippen molar-refractivity contribution in [2.45, 2.75) is 46.1 Å². The summed E-state index contributed by atoms with van der Waals surface area (Å²) in [6.45, 7) is 8.86. The molecule has 1 aromatic heterocycles. The van der Waals surface area contributed by atoms with Crippen LogP contribution in [0.1, 0.15) is 39.8 Å². The monoisotopic (exact) mass is 294 g/mol. The molecule has 1 unspecified atom stereocenters. The summed E-state index contributed by atoms with van der Waals surface area (Å²) in [5.41, 5.74) is 0.169. The van der Waals surface area contributed by atoms with E-state index in [0.717, 1.165) is 0 Å². The van der Waals surface area contributed by atoms with Crippen LogP contribution in [0.4, 0.5) is 10.2 Å². The lowest BCUT2D eigenvalue weighted by atomic mass is 10.0. The summed E-state index contributed by atoms with van der Waals surface area (Å²) >= 11 is 0. The van der Waals surface area contributed by atoms with Crippen LogP contribution >= 0.6 is 0 Å². The zero-order chi connectivity index (χ0) is 15.6. The highest BCUT2D eigenvalue weighted by Crippen LogP contribution is 2.25. The fraction of sp³-hybridized carbons (Fsp3) is 0.667. The molecule has 21 heavy (non-hydrogen) atoms. The number of aryl methyl sites for hydroxylation is 1. The number of nitrogens with zero attached hydrogens (tertiary/aromatic N) is 3. The van der Waals surface area contributed by atoms with E-state index in [2.05, 4.69) is 15.3 Å². The molecule has 0 saturated carbocycles. The topological polar surface area (TPSA) is 58.1 Å². The van der Waals surface area contributed by atoms with Gasteiger partial charge < -0.3 is 10.2 Å². The van der Waals surface area contributed by atoms with Crippen molar-refractivity contribution in [3.63, 3.8) is 0 Å². The lowest BCUT2D eigenvalue weighted by Gasteiger charge is -2.23. The molecule has 0 spiro atoms. The Kier molecular flexibility index (Phi) is 4.44. The smallest absolute Gasteiger partial charge is 0.225 e. The zero-order valence-electron chi connectivity index (χ0n) is 13.1. The molecule has 1 fully saturated rings. The average Bonchev–Trinajstić information content (AvgIpc) is 2.86. The second-order valence-corrected chi connectivity index (χ2v) is 6.48. The number of nitrogens with one attached hydrogen (secondary N) is 1. The average molecular weight is 294 g/mol. The van der Waals surface area contributed by atoms with Crippen LogP contribution < -0.4 is 10.2 Å². The third-order valence-corrected chi connectivity index (χ3v) is 3.53. The molecule has 1 N–H and O–H groups in total. The SMILES string of the molecule is CCc1ncnc(N2CCC(C(=O)NC(C)(C)C)C2)c1F. The molecule has 0 aliphatic carbocycles. The standard InChI is InChI=1S/C15H23FN4O/c1-5-11-12(16)13(18-9-17-11)20-7-6-10(8-20)14(21)19-15(2,3)4/h9-10H,5-8H2,1-4H3,(H,19,21). The molecular formula is C15H23FN4O. The third-order valence-electron chi connectivity index (χ3n) is 3.53. The van der Waals surface area contributed by atoms with Crippen molar-refractivity contribution in [1.82, 2.24) is 15.3 Å². The molecule has 0 radical (unpaired) electrons. The first-order chi connectivity index (χ1) is 9.81. The van der Waals surface area contributed by atoms with E-state index in [9.17, 15) is 9.18 Å². The van der Waals surface area contributed by atoms with Crippen LogP contribution in [0.15, 0.2) is 6.33 Å². The molecule has 116 valence electrons. The molecule has 2 rings (SSSR count). The summed E-state index contributed by atoms with van der Waals surface area (Å²) in [6.07, 6.45) is 2.63. The Morgan fingerprint density at radius 3 is 2.81 bits per heavy atom. The van der Waals surface area contributed by atoms with Gasteiger partial charge in [0.15, 0.2) is 11.6 Å². The number of hydrogen-bond acceptors (Lipinski definition) is 4. The molecule has 1 aliphatic heterocycles. The highest BCUT2D eigenvalue weighted by molar-refractivity contribution is 5.80. The Morgan fingerprint density at radius 2 is 2.19 bits per heavy atom. The van der Waals surface area contributed by atoms with Gasteiger partial charge in [-0.25, -0.2) is 14.4 Å². The van der Waals surface area contributed by atoms with Gasteiger partial charge in [0.25, 0.3) is 0 Å². The van der Waals surface area contributed by atoms with Crippen molar-refractivity contribution >= 4 is 11.7 Å². The summed E-state index contributed by atoms with van der Waals surface area (Å²) in [5.74, 6) is -0.149. The van der Waals surface area contributed by atoms with E-state index in [1.165, 1.54) is 6.33 Å². The molecular weight excluding hydrogens is 271 g/mol. The van der Waals surface area contributed by atoms with E-state index in [-0.39, 0.29) is 23.2 Å². The lowest BCUT2D eigenvalue weighted by molar-refractivity contribution is -0.125. The minimum atomic E-state index is -0.364. The maximum Gasteiger partial charge on any atom is 0.225 e. The van der Waals surface area contributed by atoms with Gasteiger partial charge in [-0.3, -0.25) is 4.79 Å². The number of hydrogen-bond donors (Lipinski definition) is 1. The van der Waals surface area contributed by atoms with E-state index >= 15 is 0 Å². The van der Waals surface area contributed by atoms with Gasteiger partial charge in [-0.1, -0.05) is 6.92 Å². The predicted molar refractivity (Wildman–Crippen MR) is 79.6 cm³/mol. The van der Waals surface area contributed by atoms with Gasteiger partial charge in [0, 0.05) is 18.6 Å². The first kappa shape index (κ1) is 15.7. The van der Waals surface area contributed by atoms with Gasteiger partial charge in [0.05, 0.1) is 11.6 Å². The fourth-order valence-electron chi connectivity index (χ4n) is 2.50. The first-order valence-electron chi connectivity index (χ1n) is 7.38. The van der Waals surface area contributed by atoms with Crippen molar-refractivity contribution < 1.29 is 9.18 Å². The molecule has 1 saturated heterocycles. The zero-order valence-corrected chi connectivity index (χ0v) is 13.1. The second kappa shape index (κ2) is 5.95. The molecule has 1 atom stereocenters. The maximum atomic E-state index is 14.3. The minimum absolute atomic E-state index is 0.0233. The first-order valence-corrected chi connectivity index (χ1v) is 7.38. The molecule has 1 amide bonds. The molecule has 1 aliphatic rings. The Labute approximate surface area is 125 Å². The molecule has 0 bridgehead atoms. The molecule has 5 nitrogen and oxygen atoms in total. The number of rotatable bonds is 3. The van der Waals surface area contributed by atoms with Crippen molar-refractivity contribution in [1.29, 1.82) is 0 Å². The lowest BCUT2D eigenvalue weighted by Crippen LogP contribution is -2.44. The second-order valence-electron chi connectivity index (χ2n) is 6.48. The van der Waals surface area contributed by atoms with Crippen LogP contribution in [0.5, 0.6) is 0 Å². The van der Waals surface area contributed by atoms with Gasteiger partial charge >= 0.3 is 0 Å². The van der Waals surface area contributed by atoms with Gasteiger partial charge in [-0.05, 0) is 33.6 Å². The maximum absolute atomic E-state index is 14.3.